The number of hydrogen-bond acceptors (Lipinski definition) is 5. The molecule has 1 aromatic carbocycles. The number of Topliss-reactive ketones (excluding diaryl/α,β-unsaturated/α-hetero) is 1. The summed E-state index contributed by atoms with van der Waals surface area (Å²) < 4.78 is 10.9. The fourth-order valence-corrected chi connectivity index (χ4v) is 3.01. The lowest BCUT2D eigenvalue weighted by molar-refractivity contribution is -0.126. The van der Waals surface area contributed by atoms with Crippen LogP contribution in [0.3, 0.4) is 0 Å². The molecule has 0 spiro atoms. The Kier molecular flexibility index (Phi) is 7.12. The van der Waals surface area contributed by atoms with Crippen LogP contribution in [0.2, 0.25) is 5.02 Å². The van der Waals surface area contributed by atoms with Gasteiger partial charge in [0.05, 0.1) is 5.69 Å². The molecule has 0 aromatic heterocycles. The zero-order valence-corrected chi connectivity index (χ0v) is 17.0. The molecular weight excluding hydrogens is 386 g/mol. The van der Waals surface area contributed by atoms with Crippen LogP contribution in [0.5, 0.6) is 5.75 Å². The van der Waals surface area contributed by atoms with E-state index in [2.05, 4.69) is 5.32 Å². The van der Waals surface area contributed by atoms with Gasteiger partial charge in [-0.3, -0.25) is 4.79 Å². The Morgan fingerprint density at radius 1 is 1.25 bits per heavy atom. The van der Waals surface area contributed by atoms with Crippen LogP contribution in [0.15, 0.2) is 18.2 Å². The molecule has 0 unspecified atom stereocenters. The van der Waals surface area contributed by atoms with Crippen LogP contribution in [0.25, 0.3) is 0 Å². The fraction of sp³-hybridized carbons (Fsp3) is 0.526. The van der Waals surface area contributed by atoms with E-state index >= 15 is 0 Å². The normalized spacial score (nSPS) is 15.1. The van der Waals surface area contributed by atoms with E-state index in [1.165, 1.54) is 6.07 Å². The maximum absolute atomic E-state index is 12.5. The average molecular weight is 412 g/mol. The number of hydrogen-bond donors (Lipinski definition) is 2. The van der Waals surface area contributed by atoms with Gasteiger partial charge in [-0.1, -0.05) is 11.6 Å². The molecule has 0 bridgehead atoms. The number of halogens is 1. The van der Waals surface area contributed by atoms with Gasteiger partial charge in [-0.2, -0.15) is 0 Å². The van der Waals surface area contributed by atoms with Gasteiger partial charge in [-0.25, -0.2) is 9.59 Å². The summed E-state index contributed by atoms with van der Waals surface area (Å²) in [4.78, 5) is 37.3. The number of nitrogens with zero attached hydrogens (tertiary/aromatic N) is 1. The molecule has 9 heteroatoms. The van der Waals surface area contributed by atoms with Crippen molar-refractivity contribution in [3.63, 3.8) is 0 Å². The van der Waals surface area contributed by atoms with Crippen LogP contribution in [0.1, 0.15) is 33.6 Å². The molecular formula is C19H26ClN3O5. The maximum atomic E-state index is 12.5. The number of carbonyl (C=O) groups is 3. The molecule has 1 saturated heterocycles. The second-order valence-electron chi connectivity index (χ2n) is 7.63. The number of ether oxygens (including phenoxy) is 2. The van der Waals surface area contributed by atoms with Crippen molar-refractivity contribution in [1.29, 1.82) is 0 Å². The van der Waals surface area contributed by atoms with E-state index in [1.807, 2.05) is 20.8 Å². The molecule has 1 heterocycles. The largest absolute Gasteiger partial charge is 0.484 e. The van der Waals surface area contributed by atoms with Crippen LogP contribution < -0.4 is 15.8 Å². The van der Waals surface area contributed by atoms with Crippen LogP contribution in [-0.2, 0) is 9.53 Å². The maximum Gasteiger partial charge on any atom is 0.410 e. The molecule has 0 atom stereocenters. The highest BCUT2D eigenvalue weighted by Crippen LogP contribution is 2.28. The number of benzene rings is 1. The molecule has 8 nitrogen and oxygen atoms in total. The summed E-state index contributed by atoms with van der Waals surface area (Å²) in [7, 11) is 0. The summed E-state index contributed by atoms with van der Waals surface area (Å²) in [6, 6.07) is 3.89. The first-order valence-corrected chi connectivity index (χ1v) is 9.42. The minimum Gasteiger partial charge on any atom is -0.484 e. The molecule has 1 aromatic rings. The Labute approximate surface area is 169 Å². The topological polar surface area (TPSA) is 111 Å². The number of rotatable bonds is 5. The smallest absolute Gasteiger partial charge is 0.410 e. The first-order chi connectivity index (χ1) is 13.0. The molecule has 0 saturated carbocycles. The molecule has 2 rings (SSSR count). The first-order valence-electron chi connectivity index (χ1n) is 9.04. The number of nitrogens with one attached hydrogen (secondary N) is 1. The van der Waals surface area contributed by atoms with Crippen molar-refractivity contribution in [3.05, 3.63) is 23.2 Å². The minimum atomic E-state index is -0.757. The van der Waals surface area contributed by atoms with Gasteiger partial charge >= 0.3 is 12.1 Å². The van der Waals surface area contributed by atoms with E-state index in [0.717, 1.165) is 0 Å². The number of nitrogens with two attached hydrogens (primary N) is 1. The third-order valence-corrected chi connectivity index (χ3v) is 4.41. The predicted molar refractivity (Wildman–Crippen MR) is 106 cm³/mol. The lowest BCUT2D eigenvalue weighted by atomic mass is 9.93. The van der Waals surface area contributed by atoms with E-state index in [4.69, 9.17) is 26.8 Å². The molecule has 1 aliphatic rings. The quantitative estimate of drug-likeness (QED) is 0.771. The van der Waals surface area contributed by atoms with Gasteiger partial charge in [0.25, 0.3) is 0 Å². The standard InChI is InChI=1S/C19H26ClN3O5/c1-19(2,3)28-18(26)23-8-6-12(7-9-23)15(24)11-27-16-5-4-13(20)10-14(16)22-17(21)25/h4-5,10,12H,6-9,11H2,1-3H3,(H3,21,22,25). The van der Waals surface area contributed by atoms with E-state index in [9.17, 15) is 14.4 Å². The summed E-state index contributed by atoms with van der Waals surface area (Å²) in [6.45, 7) is 6.22. The molecule has 0 radical (unpaired) electrons. The number of amides is 3. The van der Waals surface area contributed by atoms with E-state index < -0.39 is 11.6 Å². The fourth-order valence-electron chi connectivity index (χ4n) is 2.84. The third-order valence-electron chi connectivity index (χ3n) is 4.17. The molecule has 1 fully saturated rings. The monoisotopic (exact) mass is 411 g/mol. The van der Waals surface area contributed by atoms with Gasteiger partial charge in [-0.15, -0.1) is 0 Å². The Balaban J connectivity index is 1.87. The average Bonchev–Trinajstić information content (AvgIpc) is 2.59. The highest BCUT2D eigenvalue weighted by molar-refractivity contribution is 6.31. The van der Waals surface area contributed by atoms with Crippen molar-refractivity contribution >= 4 is 35.2 Å². The summed E-state index contributed by atoms with van der Waals surface area (Å²) in [5.74, 6) is 0.0464. The number of piperidine rings is 1. The molecule has 3 amide bonds. The number of ketones is 1. The third kappa shape index (κ3) is 6.60. The zero-order valence-electron chi connectivity index (χ0n) is 16.3. The Morgan fingerprint density at radius 3 is 2.46 bits per heavy atom. The summed E-state index contributed by atoms with van der Waals surface area (Å²) in [5.41, 5.74) is 4.88. The second-order valence-corrected chi connectivity index (χ2v) is 8.06. The van der Waals surface area contributed by atoms with Crippen LogP contribution in [0, 0.1) is 5.92 Å². The van der Waals surface area contributed by atoms with Gasteiger partial charge in [0.2, 0.25) is 0 Å². The van der Waals surface area contributed by atoms with Crippen LogP contribution in [0.4, 0.5) is 15.3 Å². The van der Waals surface area contributed by atoms with Gasteiger partial charge in [-0.05, 0) is 51.8 Å². The van der Waals surface area contributed by atoms with Crippen molar-refractivity contribution in [2.24, 2.45) is 11.7 Å². The number of anilines is 1. The number of carbonyl (C=O) groups excluding carboxylic acids is 3. The Hall–Kier alpha value is -2.48. The summed E-state index contributed by atoms with van der Waals surface area (Å²) in [6.07, 6.45) is 0.737. The minimum absolute atomic E-state index is 0.0659. The molecule has 154 valence electrons. The van der Waals surface area contributed by atoms with E-state index in [1.54, 1.807) is 17.0 Å². The Morgan fingerprint density at radius 2 is 1.89 bits per heavy atom. The number of primary amides is 1. The second kappa shape index (κ2) is 9.14. The van der Waals surface area contributed by atoms with Gasteiger partial charge in [0, 0.05) is 24.0 Å². The van der Waals surface area contributed by atoms with Crippen molar-refractivity contribution < 1.29 is 23.9 Å². The van der Waals surface area contributed by atoms with Crippen molar-refractivity contribution in [3.8, 4) is 5.75 Å². The number of urea groups is 1. The molecule has 28 heavy (non-hydrogen) atoms. The number of likely N-dealkylation sites (tertiary alicyclic amines) is 1. The van der Waals surface area contributed by atoms with E-state index in [-0.39, 0.29) is 24.4 Å². The highest BCUT2D eigenvalue weighted by Gasteiger charge is 2.30. The SMILES string of the molecule is CC(C)(C)OC(=O)N1CCC(C(=O)COc2ccc(Cl)cc2NC(N)=O)CC1. The van der Waals surface area contributed by atoms with Crippen molar-refractivity contribution in [2.45, 2.75) is 39.2 Å². The summed E-state index contributed by atoms with van der Waals surface area (Å²) in [5, 5.41) is 2.81. The Bertz CT molecular complexity index is 740. The van der Waals surface area contributed by atoms with Gasteiger partial charge in [0.1, 0.15) is 18.0 Å². The van der Waals surface area contributed by atoms with Gasteiger partial charge < -0.3 is 25.4 Å². The lowest BCUT2D eigenvalue weighted by Crippen LogP contribution is -2.43. The van der Waals surface area contributed by atoms with Crippen molar-refractivity contribution in [1.82, 2.24) is 4.90 Å². The molecule has 0 aliphatic carbocycles. The van der Waals surface area contributed by atoms with Gasteiger partial charge in [0.15, 0.2) is 5.78 Å². The van der Waals surface area contributed by atoms with E-state index in [0.29, 0.717) is 42.4 Å². The highest BCUT2D eigenvalue weighted by atomic mass is 35.5. The van der Waals surface area contributed by atoms with Crippen molar-refractivity contribution in [2.75, 3.05) is 25.0 Å². The predicted octanol–water partition coefficient (Wildman–Crippen LogP) is 3.43. The zero-order chi connectivity index (χ0) is 20.9. The van der Waals surface area contributed by atoms with Crippen LogP contribution in [-0.4, -0.2) is 48.1 Å². The first kappa shape index (κ1) is 21.8. The molecule has 3 N–H and O–H groups in total. The lowest BCUT2D eigenvalue weighted by Gasteiger charge is -2.32. The molecule has 1 aliphatic heterocycles. The van der Waals surface area contributed by atoms with Crippen LogP contribution >= 0.6 is 11.6 Å². The summed E-state index contributed by atoms with van der Waals surface area (Å²) >= 11 is 5.91.